The van der Waals surface area contributed by atoms with E-state index in [-0.39, 0.29) is 0 Å². The molecular formula is C15H15N5O. The zero-order chi connectivity index (χ0) is 14.8. The molecule has 21 heavy (non-hydrogen) atoms. The second kappa shape index (κ2) is 5.24. The Kier molecular flexibility index (Phi) is 3.27. The average Bonchev–Trinajstić information content (AvgIpc) is 2.81. The van der Waals surface area contributed by atoms with Crippen molar-refractivity contribution in [2.75, 3.05) is 5.73 Å². The number of benzene rings is 1. The van der Waals surface area contributed by atoms with E-state index in [1.165, 1.54) is 6.33 Å². The molecule has 0 spiro atoms. The lowest BCUT2D eigenvalue weighted by Crippen LogP contribution is -2.08. The predicted octanol–water partition coefficient (Wildman–Crippen LogP) is 2.65. The van der Waals surface area contributed by atoms with Gasteiger partial charge < -0.3 is 10.5 Å². The number of anilines is 1. The van der Waals surface area contributed by atoms with Crippen molar-refractivity contribution >= 4 is 5.69 Å². The van der Waals surface area contributed by atoms with Crippen LogP contribution in [0.3, 0.4) is 0 Å². The van der Waals surface area contributed by atoms with E-state index in [9.17, 15) is 0 Å². The number of ether oxygens (including phenoxy) is 1. The summed E-state index contributed by atoms with van der Waals surface area (Å²) in [5.74, 6) is 1.50. The first kappa shape index (κ1) is 13.1. The van der Waals surface area contributed by atoms with E-state index in [1.54, 1.807) is 4.68 Å². The van der Waals surface area contributed by atoms with Gasteiger partial charge in [-0.25, -0.2) is 9.67 Å². The van der Waals surface area contributed by atoms with Crippen LogP contribution in [0, 0.1) is 13.8 Å². The van der Waals surface area contributed by atoms with Gasteiger partial charge in [0.25, 0.3) is 0 Å². The summed E-state index contributed by atoms with van der Waals surface area (Å²) in [6, 6.07) is 11.3. The van der Waals surface area contributed by atoms with Crippen molar-refractivity contribution in [3.05, 3.63) is 54.1 Å². The quantitative estimate of drug-likeness (QED) is 0.798. The molecule has 0 fully saturated rings. The molecule has 0 aliphatic heterocycles. The van der Waals surface area contributed by atoms with Crippen LogP contribution in [0.1, 0.15) is 11.4 Å². The number of aromatic nitrogens is 4. The summed E-state index contributed by atoms with van der Waals surface area (Å²) < 4.78 is 7.39. The Balaban J connectivity index is 2.01. The van der Waals surface area contributed by atoms with Crippen LogP contribution in [-0.2, 0) is 0 Å². The maximum Gasteiger partial charge on any atom is 0.248 e. The number of para-hydroxylation sites is 1. The van der Waals surface area contributed by atoms with Crippen molar-refractivity contribution < 1.29 is 4.74 Å². The molecule has 0 bridgehead atoms. The van der Waals surface area contributed by atoms with E-state index >= 15 is 0 Å². The first-order chi connectivity index (χ1) is 10.1. The molecule has 0 saturated heterocycles. The largest absolute Gasteiger partial charge is 0.437 e. The van der Waals surface area contributed by atoms with Crippen molar-refractivity contribution in [2.24, 2.45) is 0 Å². The number of rotatable bonds is 3. The first-order valence-electron chi connectivity index (χ1n) is 6.52. The van der Waals surface area contributed by atoms with Gasteiger partial charge in [-0.15, -0.1) is 0 Å². The second-order valence-corrected chi connectivity index (χ2v) is 4.67. The maximum atomic E-state index is 6.13. The Hall–Kier alpha value is -2.89. The molecular weight excluding hydrogens is 266 g/mol. The number of nitrogens with two attached hydrogens (primary N) is 1. The Morgan fingerprint density at radius 1 is 1.10 bits per heavy atom. The lowest BCUT2D eigenvalue weighted by Gasteiger charge is -2.11. The van der Waals surface area contributed by atoms with Crippen LogP contribution in [0.5, 0.6) is 11.6 Å². The van der Waals surface area contributed by atoms with Crippen molar-refractivity contribution in [2.45, 2.75) is 13.8 Å². The van der Waals surface area contributed by atoms with Crippen molar-refractivity contribution in [3.63, 3.8) is 0 Å². The predicted molar refractivity (Wildman–Crippen MR) is 79.6 cm³/mol. The van der Waals surface area contributed by atoms with E-state index in [0.29, 0.717) is 23.1 Å². The highest BCUT2D eigenvalue weighted by Crippen LogP contribution is 2.28. The van der Waals surface area contributed by atoms with Gasteiger partial charge in [0.05, 0.1) is 5.69 Å². The average molecular weight is 281 g/mol. The fourth-order valence-corrected chi connectivity index (χ4v) is 2.06. The molecule has 1 aromatic carbocycles. The van der Waals surface area contributed by atoms with Crippen LogP contribution in [-0.4, -0.2) is 19.7 Å². The maximum absolute atomic E-state index is 6.13. The first-order valence-corrected chi connectivity index (χ1v) is 6.52. The summed E-state index contributed by atoms with van der Waals surface area (Å²) in [6.07, 6.45) is 1.42. The minimum atomic E-state index is 0.318. The summed E-state index contributed by atoms with van der Waals surface area (Å²) >= 11 is 0. The number of nitrogen functional groups attached to an aromatic ring is 1. The molecule has 0 aliphatic carbocycles. The van der Waals surface area contributed by atoms with Gasteiger partial charge in [0.2, 0.25) is 5.88 Å². The van der Waals surface area contributed by atoms with Crippen LogP contribution in [0.2, 0.25) is 0 Å². The highest BCUT2D eigenvalue weighted by molar-refractivity contribution is 5.60. The Morgan fingerprint density at radius 3 is 2.52 bits per heavy atom. The molecule has 3 rings (SSSR count). The Bertz CT molecular complexity index is 767. The number of hydrogen-bond acceptors (Lipinski definition) is 5. The van der Waals surface area contributed by atoms with Crippen molar-refractivity contribution in [1.82, 2.24) is 19.7 Å². The van der Waals surface area contributed by atoms with E-state index in [4.69, 9.17) is 10.5 Å². The summed E-state index contributed by atoms with van der Waals surface area (Å²) in [5.41, 5.74) is 8.33. The molecule has 0 amide bonds. The molecule has 3 aromatic rings. The van der Waals surface area contributed by atoms with Gasteiger partial charge in [-0.05, 0) is 32.0 Å². The topological polar surface area (TPSA) is 78.8 Å². The minimum absolute atomic E-state index is 0.318. The molecule has 0 unspecified atom stereocenters. The zero-order valence-corrected chi connectivity index (χ0v) is 11.8. The summed E-state index contributed by atoms with van der Waals surface area (Å²) in [5, 5.41) is 4.38. The molecule has 6 nitrogen and oxygen atoms in total. The molecule has 0 radical (unpaired) electrons. The summed E-state index contributed by atoms with van der Waals surface area (Å²) in [7, 11) is 0. The van der Waals surface area contributed by atoms with Crippen LogP contribution in [0.15, 0.2) is 42.7 Å². The smallest absolute Gasteiger partial charge is 0.248 e. The minimum Gasteiger partial charge on any atom is -0.437 e. The van der Waals surface area contributed by atoms with Crippen LogP contribution in [0.4, 0.5) is 5.69 Å². The highest BCUT2D eigenvalue weighted by Gasteiger charge is 2.14. The zero-order valence-electron chi connectivity index (χ0n) is 11.8. The van der Waals surface area contributed by atoms with E-state index < -0.39 is 0 Å². The molecule has 106 valence electrons. The molecule has 0 aliphatic rings. The normalized spacial score (nSPS) is 10.6. The molecule has 2 N–H and O–H groups in total. The van der Waals surface area contributed by atoms with E-state index in [0.717, 1.165) is 11.4 Å². The van der Waals surface area contributed by atoms with Gasteiger partial charge >= 0.3 is 0 Å². The van der Waals surface area contributed by atoms with Gasteiger partial charge in [-0.1, -0.05) is 18.2 Å². The number of aryl methyl sites for hydroxylation is 2. The van der Waals surface area contributed by atoms with Crippen LogP contribution < -0.4 is 10.5 Å². The second-order valence-electron chi connectivity index (χ2n) is 4.67. The number of nitrogens with zero attached hydrogens (tertiary/aromatic N) is 4. The monoisotopic (exact) mass is 281 g/mol. The van der Waals surface area contributed by atoms with E-state index in [1.807, 2.05) is 50.2 Å². The van der Waals surface area contributed by atoms with Gasteiger partial charge in [-0.3, -0.25) is 0 Å². The molecule has 0 saturated carbocycles. The van der Waals surface area contributed by atoms with E-state index in [2.05, 4.69) is 15.1 Å². The van der Waals surface area contributed by atoms with Gasteiger partial charge in [0.15, 0.2) is 5.82 Å². The van der Waals surface area contributed by atoms with Gasteiger partial charge in [-0.2, -0.15) is 10.1 Å². The van der Waals surface area contributed by atoms with Crippen molar-refractivity contribution in [3.8, 4) is 17.4 Å². The fourth-order valence-electron chi connectivity index (χ4n) is 2.06. The van der Waals surface area contributed by atoms with Crippen molar-refractivity contribution in [1.29, 1.82) is 0 Å². The summed E-state index contributed by atoms with van der Waals surface area (Å²) in [6.45, 7) is 3.86. The third kappa shape index (κ3) is 2.55. The van der Waals surface area contributed by atoms with Crippen LogP contribution in [0.25, 0.3) is 5.82 Å². The van der Waals surface area contributed by atoms with Crippen LogP contribution >= 0.6 is 0 Å². The molecule has 2 aromatic heterocycles. The molecule has 0 atom stereocenters. The Labute approximate surface area is 122 Å². The highest BCUT2D eigenvalue weighted by atomic mass is 16.5. The standard InChI is InChI=1S/C15H15N5O/c1-10-8-11(2)20(19-10)14-13(16)15(18-9-17-14)21-12-6-4-3-5-7-12/h3-9H,16H2,1-2H3. The van der Waals surface area contributed by atoms with Gasteiger partial charge in [0, 0.05) is 5.69 Å². The summed E-state index contributed by atoms with van der Waals surface area (Å²) in [4.78, 5) is 8.31. The third-order valence-corrected chi connectivity index (χ3v) is 2.99. The molecule has 6 heteroatoms. The third-order valence-electron chi connectivity index (χ3n) is 2.99. The Morgan fingerprint density at radius 2 is 1.86 bits per heavy atom. The fraction of sp³-hybridized carbons (Fsp3) is 0.133. The lowest BCUT2D eigenvalue weighted by molar-refractivity contribution is 0.463. The lowest BCUT2D eigenvalue weighted by atomic mass is 10.3. The molecule has 2 heterocycles. The SMILES string of the molecule is Cc1cc(C)n(-c2ncnc(Oc3ccccc3)c2N)n1. The number of hydrogen-bond donors (Lipinski definition) is 1. The van der Waals surface area contributed by atoms with Gasteiger partial charge in [0.1, 0.15) is 17.8 Å².